The van der Waals surface area contributed by atoms with Crippen molar-refractivity contribution in [3.8, 4) is 0 Å². The first-order chi connectivity index (χ1) is 13.7. The number of benzene rings is 2. The van der Waals surface area contributed by atoms with E-state index >= 15 is 0 Å². The molecule has 1 aliphatic heterocycles. The molecule has 6 nitrogen and oxygen atoms in total. The molecule has 2 aromatic rings. The third-order valence-corrected chi connectivity index (χ3v) is 5.12. The summed E-state index contributed by atoms with van der Waals surface area (Å²) in [6.45, 7) is 7.30. The Morgan fingerprint density at radius 1 is 1.21 bits per heavy atom. The fourth-order valence-corrected chi connectivity index (χ4v) is 3.67. The summed E-state index contributed by atoms with van der Waals surface area (Å²) in [5, 5.41) is 14.7. The average molecular weight is 386 g/mol. The number of nitrogens with zero attached hydrogens (tertiary/aromatic N) is 2. The lowest BCUT2D eigenvalue weighted by molar-refractivity contribution is 0.0346. The number of hydrogen-bond acceptors (Lipinski definition) is 4. The van der Waals surface area contributed by atoms with E-state index in [0.29, 0.717) is 19.5 Å². The molecule has 1 saturated heterocycles. The Labute approximate surface area is 167 Å². The predicted octanol–water partition coefficient (Wildman–Crippen LogP) is 2.45. The van der Waals surface area contributed by atoms with Crippen LogP contribution in [0.3, 0.4) is 0 Å². The van der Waals surface area contributed by atoms with Gasteiger partial charge in [-0.05, 0) is 29.7 Å². The van der Waals surface area contributed by atoms with Crippen LogP contribution in [0, 0.1) is 0 Å². The lowest BCUT2D eigenvalue weighted by atomic mass is 10.0. The fraction of sp³-hybridized carbons (Fsp3) is 0.500. The standard InChI is InChI=1S/C22H31N3O3/c1-18(16-24-11-14-28-15-12-24)23-22(27)25(10-5-13-26)17-20-8-4-7-19-6-2-3-9-21(19)20/h2-4,6-9,18,26H,5,10-17H2,1H3,(H,23,27). The zero-order valence-corrected chi connectivity index (χ0v) is 16.6. The third-order valence-electron chi connectivity index (χ3n) is 5.12. The number of nitrogens with one attached hydrogen (secondary N) is 1. The number of amides is 2. The Balaban J connectivity index is 1.65. The fourth-order valence-electron chi connectivity index (χ4n) is 3.67. The second-order valence-electron chi connectivity index (χ2n) is 7.40. The maximum Gasteiger partial charge on any atom is 0.317 e. The minimum absolute atomic E-state index is 0.0507. The maximum absolute atomic E-state index is 12.9. The zero-order valence-electron chi connectivity index (χ0n) is 16.6. The van der Waals surface area contributed by atoms with E-state index in [2.05, 4.69) is 34.5 Å². The van der Waals surface area contributed by atoms with Crippen molar-refractivity contribution in [2.75, 3.05) is 46.0 Å². The van der Waals surface area contributed by atoms with Crippen LogP contribution >= 0.6 is 0 Å². The highest BCUT2D eigenvalue weighted by atomic mass is 16.5. The Morgan fingerprint density at radius 2 is 1.96 bits per heavy atom. The van der Waals surface area contributed by atoms with E-state index in [1.165, 1.54) is 5.39 Å². The van der Waals surface area contributed by atoms with Crippen LogP contribution in [0.5, 0.6) is 0 Å². The smallest absolute Gasteiger partial charge is 0.317 e. The van der Waals surface area contributed by atoms with Crippen LogP contribution in [0.25, 0.3) is 10.8 Å². The predicted molar refractivity (Wildman–Crippen MR) is 111 cm³/mol. The van der Waals surface area contributed by atoms with E-state index in [1.807, 2.05) is 25.1 Å². The van der Waals surface area contributed by atoms with Crippen molar-refractivity contribution in [2.45, 2.75) is 25.9 Å². The van der Waals surface area contributed by atoms with Gasteiger partial charge in [0.15, 0.2) is 0 Å². The summed E-state index contributed by atoms with van der Waals surface area (Å²) in [5.41, 5.74) is 1.12. The van der Waals surface area contributed by atoms with Crippen molar-refractivity contribution >= 4 is 16.8 Å². The van der Waals surface area contributed by atoms with Gasteiger partial charge in [0.25, 0.3) is 0 Å². The summed E-state index contributed by atoms with van der Waals surface area (Å²) >= 11 is 0. The summed E-state index contributed by atoms with van der Waals surface area (Å²) in [4.78, 5) is 17.0. The van der Waals surface area contributed by atoms with Crippen LogP contribution < -0.4 is 5.32 Å². The van der Waals surface area contributed by atoms with Gasteiger partial charge in [0.1, 0.15) is 0 Å². The van der Waals surface area contributed by atoms with Crippen molar-refractivity contribution in [1.82, 2.24) is 15.1 Å². The van der Waals surface area contributed by atoms with E-state index in [4.69, 9.17) is 4.74 Å². The largest absolute Gasteiger partial charge is 0.396 e. The summed E-state index contributed by atoms with van der Waals surface area (Å²) in [5.74, 6) is 0. The van der Waals surface area contributed by atoms with Crippen molar-refractivity contribution in [3.05, 3.63) is 48.0 Å². The number of hydrogen-bond donors (Lipinski definition) is 2. The van der Waals surface area contributed by atoms with Gasteiger partial charge in [0.2, 0.25) is 0 Å². The SMILES string of the molecule is CC(CN1CCOCC1)NC(=O)N(CCCO)Cc1cccc2ccccc12. The molecule has 0 bridgehead atoms. The molecule has 2 aromatic carbocycles. The molecule has 1 atom stereocenters. The molecule has 0 radical (unpaired) electrons. The Bertz CT molecular complexity index is 756. The highest BCUT2D eigenvalue weighted by molar-refractivity contribution is 5.86. The number of urea groups is 1. The van der Waals surface area contributed by atoms with Gasteiger partial charge < -0.3 is 20.1 Å². The van der Waals surface area contributed by atoms with Crippen LogP contribution in [-0.2, 0) is 11.3 Å². The highest BCUT2D eigenvalue weighted by Crippen LogP contribution is 2.20. The molecule has 1 aliphatic rings. The Morgan fingerprint density at radius 3 is 2.75 bits per heavy atom. The topological polar surface area (TPSA) is 65.0 Å². The molecule has 0 saturated carbocycles. The first-order valence-corrected chi connectivity index (χ1v) is 10.1. The van der Waals surface area contributed by atoms with Crippen molar-refractivity contribution in [3.63, 3.8) is 0 Å². The molecular formula is C22H31N3O3. The number of aliphatic hydroxyl groups excluding tert-OH is 1. The monoisotopic (exact) mass is 385 g/mol. The number of carbonyl (C=O) groups is 1. The molecule has 28 heavy (non-hydrogen) atoms. The molecular weight excluding hydrogens is 354 g/mol. The summed E-state index contributed by atoms with van der Waals surface area (Å²) < 4.78 is 5.39. The molecule has 0 aromatic heterocycles. The lowest BCUT2D eigenvalue weighted by Crippen LogP contribution is -2.49. The van der Waals surface area contributed by atoms with Crippen molar-refractivity contribution < 1.29 is 14.6 Å². The van der Waals surface area contributed by atoms with Gasteiger partial charge >= 0.3 is 6.03 Å². The number of rotatable bonds is 8. The first kappa shape index (κ1) is 20.6. The normalized spacial score (nSPS) is 16.1. The third kappa shape index (κ3) is 5.67. The molecule has 152 valence electrons. The first-order valence-electron chi connectivity index (χ1n) is 10.1. The summed E-state index contributed by atoms with van der Waals surface area (Å²) in [6.07, 6.45) is 0.566. The molecule has 1 unspecified atom stereocenters. The van der Waals surface area contributed by atoms with Crippen LogP contribution in [0.2, 0.25) is 0 Å². The Kier molecular flexibility index (Phi) is 7.65. The second-order valence-corrected chi connectivity index (χ2v) is 7.40. The zero-order chi connectivity index (χ0) is 19.8. The van der Waals surface area contributed by atoms with Crippen LogP contribution in [-0.4, -0.2) is 73.0 Å². The molecule has 1 heterocycles. The number of fused-ring (bicyclic) bond motifs is 1. The minimum atomic E-state index is -0.0813. The Hall–Kier alpha value is -2.15. The van der Waals surface area contributed by atoms with Gasteiger partial charge in [-0.15, -0.1) is 0 Å². The maximum atomic E-state index is 12.9. The quantitative estimate of drug-likeness (QED) is 0.733. The van der Waals surface area contributed by atoms with E-state index in [0.717, 1.165) is 43.8 Å². The molecule has 0 spiro atoms. The van der Waals surface area contributed by atoms with Gasteiger partial charge in [-0.2, -0.15) is 0 Å². The van der Waals surface area contributed by atoms with E-state index in [9.17, 15) is 9.90 Å². The molecule has 1 fully saturated rings. The van der Waals surface area contributed by atoms with Crippen LogP contribution in [0.4, 0.5) is 4.79 Å². The van der Waals surface area contributed by atoms with Gasteiger partial charge in [0, 0.05) is 45.4 Å². The second kappa shape index (κ2) is 10.4. The number of ether oxygens (including phenoxy) is 1. The van der Waals surface area contributed by atoms with Gasteiger partial charge in [0.05, 0.1) is 13.2 Å². The van der Waals surface area contributed by atoms with Gasteiger partial charge in [-0.3, -0.25) is 4.90 Å². The molecule has 6 heteroatoms. The van der Waals surface area contributed by atoms with E-state index in [-0.39, 0.29) is 18.7 Å². The number of aliphatic hydroxyl groups is 1. The molecule has 2 N–H and O–H groups in total. The van der Waals surface area contributed by atoms with Crippen molar-refractivity contribution in [2.24, 2.45) is 0 Å². The molecule has 0 aliphatic carbocycles. The molecule has 3 rings (SSSR count). The van der Waals surface area contributed by atoms with Crippen LogP contribution in [0.15, 0.2) is 42.5 Å². The van der Waals surface area contributed by atoms with Gasteiger partial charge in [-0.25, -0.2) is 4.79 Å². The number of carbonyl (C=O) groups excluding carboxylic acids is 1. The minimum Gasteiger partial charge on any atom is -0.396 e. The van der Waals surface area contributed by atoms with E-state index in [1.54, 1.807) is 4.90 Å². The lowest BCUT2D eigenvalue weighted by Gasteiger charge is -2.31. The molecule has 2 amide bonds. The average Bonchev–Trinajstić information content (AvgIpc) is 2.71. The number of morpholine rings is 1. The van der Waals surface area contributed by atoms with Crippen LogP contribution in [0.1, 0.15) is 18.9 Å². The summed E-state index contributed by atoms with van der Waals surface area (Å²) in [7, 11) is 0. The summed E-state index contributed by atoms with van der Waals surface area (Å²) in [6, 6.07) is 14.4. The highest BCUT2D eigenvalue weighted by Gasteiger charge is 2.19. The van der Waals surface area contributed by atoms with Crippen molar-refractivity contribution in [1.29, 1.82) is 0 Å². The van der Waals surface area contributed by atoms with Gasteiger partial charge in [-0.1, -0.05) is 42.5 Å². The van der Waals surface area contributed by atoms with E-state index < -0.39 is 0 Å².